The van der Waals surface area contributed by atoms with Gasteiger partial charge in [0.2, 0.25) is 0 Å². The standard InChI is InChI=1S/C19H32N2O10S.H2/c1-5-16(22)29-11-9-20-19(25)21(10-8-12-32(26-4)30-14-31-32)15(18(24)28-7-3)13-17(23)27-6-2;/h5,15H,1,6-14H2,2-4H3,(H,20,25);1H. The molecule has 0 radical (unpaired) electrons. The smallest absolute Gasteiger partial charge is 0.330 e. The summed E-state index contributed by atoms with van der Waals surface area (Å²) >= 11 is 0. The number of nitrogens with one attached hydrogen (secondary N) is 1. The first kappa shape index (κ1) is 27.7. The van der Waals surface area contributed by atoms with E-state index >= 15 is 0 Å². The monoisotopic (exact) mass is 482 g/mol. The van der Waals surface area contributed by atoms with Crippen LogP contribution in [0, 0.1) is 0 Å². The summed E-state index contributed by atoms with van der Waals surface area (Å²) in [5.41, 5.74) is 0. The van der Waals surface area contributed by atoms with Gasteiger partial charge in [-0.3, -0.25) is 17.3 Å². The van der Waals surface area contributed by atoms with Crippen LogP contribution in [0.4, 0.5) is 4.79 Å². The molecule has 12 nitrogen and oxygen atoms in total. The molecule has 1 aliphatic rings. The lowest BCUT2D eigenvalue weighted by Crippen LogP contribution is -2.52. The summed E-state index contributed by atoms with van der Waals surface area (Å²) in [5.74, 6) is -1.65. The van der Waals surface area contributed by atoms with Crippen LogP contribution in [-0.4, -0.2) is 87.4 Å². The maximum atomic E-state index is 12.9. The average molecular weight is 483 g/mol. The lowest BCUT2D eigenvalue weighted by atomic mass is 10.1. The molecule has 186 valence electrons. The number of nitrogens with zero attached hydrogens (tertiary/aromatic N) is 1. The van der Waals surface area contributed by atoms with Crippen LogP contribution in [0.2, 0.25) is 0 Å². The highest BCUT2D eigenvalue weighted by Gasteiger charge is 2.37. The predicted molar refractivity (Wildman–Crippen MR) is 116 cm³/mol. The topological polar surface area (TPSA) is 139 Å². The Labute approximate surface area is 190 Å². The van der Waals surface area contributed by atoms with Crippen LogP contribution in [0.3, 0.4) is 0 Å². The molecule has 0 aromatic carbocycles. The van der Waals surface area contributed by atoms with Crippen LogP contribution in [0.5, 0.6) is 0 Å². The lowest BCUT2D eigenvalue weighted by molar-refractivity contribution is -0.155. The summed E-state index contributed by atoms with van der Waals surface area (Å²) in [6.07, 6.45) is 0.990. The molecule has 0 saturated carbocycles. The SMILES string of the molecule is C=CC(=O)OCCNC(=O)N(CCCS1(OC)OCO1)C(CC(=O)OCC)C(=O)OCC.[HH]. The maximum Gasteiger partial charge on any atom is 0.330 e. The molecular formula is C19H34N2O10S. The molecule has 1 saturated heterocycles. The van der Waals surface area contributed by atoms with E-state index in [1.54, 1.807) is 13.8 Å². The first-order chi connectivity index (χ1) is 15.3. The van der Waals surface area contributed by atoms with Crippen LogP contribution >= 0.6 is 10.9 Å². The highest BCUT2D eigenvalue weighted by Crippen LogP contribution is 2.57. The molecule has 0 aliphatic carbocycles. The van der Waals surface area contributed by atoms with Gasteiger partial charge in [-0.25, -0.2) is 14.4 Å². The molecule has 13 heteroatoms. The van der Waals surface area contributed by atoms with Crippen molar-refractivity contribution in [1.29, 1.82) is 0 Å². The molecule has 1 atom stereocenters. The minimum atomic E-state index is -2.11. The van der Waals surface area contributed by atoms with Gasteiger partial charge in [0.1, 0.15) is 12.6 Å². The van der Waals surface area contributed by atoms with E-state index in [0.717, 1.165) is 6.08 Å². The van der Waals surface area contributed by atoms with Gasteiger partial charge < -0.3 is 24.4 Å². The molecule has 32 heavy (non-hydrogen) atoms. The number of ether oxygens (including phenoxy) is 3. The molecular weight excluding hydrogens is 448 g/mol. The second-order valence-corrected chi connectivity index (χ2v) is 8.54. The van der Waals surface area contributed by atoms with Gasteiger partial charge in [0.25, 0.3) is 0 Å². The Morgan fingerprint density at radius 3 is 2.41 bits per heavy atom. The van der Waals surface area contributed by atoms with Crippen LogP contribution in [-0.2, 0) is 41.1 Å². The first-order valence-electron chi connectivity index (χ1n) is 10.1. The third-order valence-corrected chi connectivity index (χ3v) is 6.36. The van der Waals surface area contributed by atoms with Crippen molar-refractivity contribution in [2.75, 3.05) is 52.6 Å². The number of esters is 3. The second kappa shape index (κ2) is 14.7. The van der Waals surface area contributed by atoms with Gasteiger partial charge in [0.15, 0.2) is 6.79 Å². The maximum absolute atomic E-state index is 12.9. The van der Waals surface area contributed by atoms with Crippen molar-refractivity contribution in [1.82, 2.24) is 10.2 Å². The van der Waals surface area contributed by atoms with E-state index in [1.165, 1.54) is 12.0 Å². The normalized spacial score (nSPS) is 16.0. The van der Waals surface area contributed by atoms with E-state index in [4.69, 9.17) is 26.8 Å². The molecule has 0 spiro atoms. The van der Waals surface area contributed by atoms with Crippen molar-refractivity contribution in [3.05, 3.63) is 12.7 Å². The summed E-state index contributed by atoms with van der Waals surface area (Å²) < 4.78 is 30.8. The Kier molecular flexibility index (Phi) is 12.7. The van der Waals surface area contributed by atoms with E-state index in [2.05, 4.69) is 11.9 Å². The number of carbonyl (C=O) groups excluding carboxylic acids is 4. The van der Waals surface area contributed by atoms with Crippen molar-refractivity contribution < 1.29 is 47.4 Å². The average Bonchev–Trinajstić information content (AvgIpc) is 2.74. The quantitative estimate of drug-likeness (QED) is 0.158. The van der Waals surface area contributed by atoms with E-state index < -0.39 is 40.9 Å². The van der Waals surface area contributed by atoms with Gasteiger partial charge >= 0.3 is 23.9 Å². The van der Waals surface area contributed by atoms with E-state index in [0.29, 0.717) is 12.2 Å². The minimum Gasteiger partial charge on any atom is -0.466 e. The predicted octanol–water partition coefficient (Wildman–Crippen LogP) is 1.45. The van der Waals surface area contributed by atoms with Gasteiger partial charge in [-0.1, -0.05) is 6.58 Å². The van der Waals surface area contributed by atoms with E-state index in [9.17, 15) is 19.2 Å². The zero-order valence-electron chi connectivity index (χ0n) is 18.7. The van der Waals surface area contributed by atoms with Crippen LogP contribution in [0.25, 0.3) is 0 Å². The highest BCUT2D eigenvalue weighted by molar-refractivity contribution is 8.22. The third kappa shape index (κ3) is 9.02. The first-order valence-corrected chi connectivity index (χ1v) is 11.7. The Morgan fingerprint density at radius 2 is 1.88 bits per heavy atom. The molecule has 1 rings (SSSR count). The van der Waals surface area contributed by atoms with Gasteiger partial charge in [-0.2, -0.15) is 0 Å². The Hall–Kier alpha value is -2.35. The highest BCUT2D eigenvalue weighted by atomic mass is 32.3. The Bertz CT molecular complexity index is 657. The molecule has 0 aromatic rings. The molecule has 1 N–H and O–H groups in total. The van der Waals surface area contributed by atoms with Crippen molar-refractivity contribution in [3.63, 3.8) is 0 Å². The van der Waals surface area contributed by atoms with Gasteiger partial charge in [-0.15, -0.1) is 0 Å². The van der Waals surface area contributed by atoms with Crippen molar-refractivity contribution >= 4 is 34.8 Å². The second-order valence-electron chi connectivity index (χ2n) is 6.21. The molecule has 1 unspecified atom stereocenters. The number of hydrogen-bond acceptors (Lipinski definition) is 10. The zero-order chi connectivity index (χ0) is 24.0. The van der Waals surface area contributed by atoms with Crippen LogP contribution < -0.4 is 5.32 Å². The van der Waals surface area contributed by atoms with Crippen molar-refractivity contribution in [2.24, 2.45) is 0 Å². The fourth-order valence-electron chi connectivity index (χ4n) is 2.67. The van der Waals surface area contributed by atoms with Gasteiger partial charge in [0.05, 0.1) is 44.2 Å². The Morgan fingerprint density at radius 1 is 1.19 bits per heavy atom. The summed E-state index contributed by atoms with van der Waals surface area (Å²) in [5, 5.41) is 2.56. The minimum absolute atomic E-state index is 0. The van der Waals surface area contributed by atoms with E-state index in [-0.39, 0.29) is 47.6 Å². The number of hydrogen-bond donors (Lipinski definition) is 1. The zero-order valence-corrected chi connectivity index (χ0v) is 19.5. The summed E-state index contributed by atoms with van der Waals surface area (Å²) in [6.45, 7) is 6.84. The summed E-state index contributed by atoms with van der Waals surface area (Å²) in [4.78, 5) is 49.8. The number of carbonyl (C=O) groups is 4. The van der Waals surface area contributed by atoms with Crippen molar-refractivity contribution in [2.45, 2.75) is 32.7 Å². The fraction of sp³-hybridized carbons (Fsp3) is 0.684. The van der Waals surface area contributed by atoms with E-state index in [1.807, 2.05) is 0 Å². The fourth-order valence-corrected chi connectivity index (χ4v) is 4.06. The third-order valence-electron chi connectivity index (χ3n) is 4.15. The summed E-state index contributed by atoms with van der Waals surface area (Å²) in [7, 11) is -0.646. The van der Waals surface area contributed by atoms with Crippen LogP contribution in [0.15, 0.2) is 12.7 Å². The Balaban J connectivity index is 0.0000102. The molecule has 2 amide bonds. The molecule has 0 bridgehead atoms. The summed E-state index contributed by atoms with van der Waals surface area (Å²) in [6, 6.07) is -1.85. The van der Waals surface area contributed by atoms with Gasteiger partial charge in [0, 0.05) is 19.8 Å². The number of amides is 2. The largest absolute Gasteiger partial charge is 0.466 e. The van der Waals surface area contributed by atoms with Crippen LogP contribution in [0.1, 0.15) is 28.1 Å². The molecule has 0 aromatic heterocycles. The van der Waals surface area contributed by atoms with Crippen molar-refractivity contribution in [3.8, 4) is 0 Å². The van der Waals surface area contributed by atoms with Gasteiger partial charge in [-0.05, 0) is 20.3 Å². The molecule has 1 fully saturated rings. The molecule has 1 aliphatic heterocycles. The number of urea groups is 1. The number of rotatable bonds is 15. The molecule has 1 heterocycles. The lowest BCUT2D eigenvalue weighted by Gasteiger charge is -2.43.